The zero-order valence-corrected chi connectivity index (χ0v) is 18.4. The van der Waals surface area contributed by atoms with E-state index in [1.165, 1.54) is 36.5 Å². The van der Waals surface area contributed by atoms with Crippen LogP contribution in [0.2, 0.25) is 0 Å². The molecule has 152 valence electrons. The Morgan fingerprint density at radius 1 is 1.31 bits per heavy atom. The maximum atomic E-state index is 12.3. The van der Waals surface area contributed by atoms with E-state index < -0.39 is 0 Å². The topological polar surface area (TPSA) is 71.0 Å². The van der Waals surface area contributed by atoms with E-state index in [9.17, 15) is 4.79 Å². The molecule has 1 saturated heterocycles. The summed E-state index contributed by atoms with van der Waals surface area (Å²) in [7, 11) is 0. The van der Waals surface area contributed by atoms with Gasteiger partial charge in [0.1, 0.15) is 16.1 Å². The predicted molar refractivity (Wildman–Crippen MR) is 120 cm³/mol. The van der Waals surface area contributed by atoms with Gasteiger partial charge in [-0.25, -0.2) is 9.97 Å². The van der Waals surface area contributed by atoms with E-state index in [0.717, 1.165) is 39.2 Å². The first-order valence-corrected chi connectivity index (χ1v) is 11.7. The number of nitrogens with one attached hydrogen (secondary N) is 1. The Morgan fingerprint density at radius 3 is 2.93 bits per heavy atom. The molecule has 1 fully saturated rings. The molecular formula is C21H25N5OS2. The van der Waals surface area contributed by atoms with Crippen molar-refractivity contribution in [1.29, 1.82) is 0 Å². The minimum atomic E-state index is -0.00284. The smallest absolute Gasteiger partial charge is 0.230 e. The number of rotatable bonds is 6. The van der Waals surface area contributed by atoms with Crippen molar-refractivity contribution < 1.29 is 4.79 Å². The number of thioether (sulfide) groups is 1. The third-order valence-corrected chi connectivity index (χ3v) is 7.26. The lowest BCUT2D eigenvalue weighted by Gasteiger charge is -2.30. The fraction of sp³-hybridized carbons (Fsp3) is 0.429. The number of hydrogen-bond acceptors (Lipinski definition) is 7. The molecule has 3 aromatic rings. The molecule has 1 aliphatic rings. The lowest BCUT2D eigenvalue weighted by atomic mass is 10.0. The molecule has 3 heterocycles. The van der Waals surface area contributed by atoms with Crippen LogP contribution in [0.15, 0.2) is 35.6 Å². The summed E-state index contributed by atoms with van der Waals surface area (Å²) in [5.41, 5.74) is 3.04. The lowest BCUT2D eigenvalue weighted by Crippen LogP contribution is -2.34. The number of piperidine rings is 1. The van der Waals surface area contributed by atoms with Crippen LogP contribution in [0, 0.1) is 12.8 Å². The van der Waals surface area contributed by atoms with E-state index in [0.29, 0.717) is 18.2 Å². The second-order valence-electron chi connectivity index (χ2n) is 7.57. The van der Waals surface area contributed by atoms with Gasteiger partial charge >= 0.3 is 0 Å². The second kappa shape index (κ2) is 9.09. The van der Waals surface area contributed by atoms with Gasteiger partial charge in [-0.15, -0.1) is 0 Å². The monoisotopic (exact) mass is 427 g/mol. The van der Waals surface area contributed by atoms with Gasteiger partial charge in [-0.1, -0.05) is 59.9 Å². The molecule has 29 heavy (non-hydrogen) atoms. The van der Waals surface area contributed by atoms with Crippen LogP contribution in [0.25, 0.3) is 10.3 Å². The quantitative estimate of drug-likeness (QED) is 0.473. The Labute approximate surface area is 179 Å². The maximum absolute atomic E-state index is 12.3. The van der Waals surface area contributed by atoms with Crippen molar-refractivity contribution in [2.75, 3.05) is 23.7 Å². The maximum Gasteiger partial charge on any atom is 0.230 e. The van der Waals surface area contributed by atoms with Crippen molar-refractivity contribution in [3.63, 3.8) is 0 Å². The number of anilines is 1. The molecule has 0 bridgehead atoms. The first kappa shape index (κ1) is 20.1. The molecule has 1 atom stereocenters. The molecule has 0 aliphatic carbocycles. The van der Waals surface area contributed by atoms with E-state index in [1.807, 2.05) is 12.1 Å². The van der Waals surface area contributed by atoms with Crippen LogP contribution in [-0.4, -0.2) is 39.7 Å². The third kappa shape index (κ3) is 5.05. The first-order chi connectivity index (χ1) is 14.1. The zero-order chi connectivity index (χ0) is 20.2. The van der Waals surface area contributed by atoms with E-state index in [1.54, 1.807) is 11.3 Å². The van der Waals surface area contributed by atoms with Crippen molar-refractivity contribution in [2.24, 2.45) is 5.92 Å². The Morgan fingerprint density at radius 2 is 2.14 bits per heavy atom. The van der Waals surface area contributed by atoms with E-state index in [4.69, 9.17) is 4.98 Å². The van der Waals surface area contributed by atoms with Crippen LogP contribution in [0.4, 0.5) is 5.13 Å². The summed E-state index contributed by atoms with van der Waals surface area (Å²) < 4.78 is 0.970. The van der Waals surface area contributed by atoms with E-state index in [2.05, 4.69) is 46.2 Å². The van der Waals surface area contributed by atoms with Crippen molar-refractivity contribution in [2.45, 2.75) is 38.3 Å². The van der Waals surface area contributed by atoms with Gasteiger partial charge in [0.25, 0.3) is 0 Å². The predicted octanol–water partition coefficient (Wildman–Crippen LogP) is 4.04. The standard InChI is InChI=1S/C21H25N5OS2/c1-14-5-7-16(8-6-14)10-22-17(27)12-28-20-18-19(23-13-24-20)25-21(29-18)26-9-3-4-15(2)11-26/h5-8,13,15H,3-4,9-12H2,1-2H3,(H,22,27)/t15-/m1/s1. The van der Waals surface area contributed by atoms with Gasteiger partial charge in [0, 0.05) is 19.6 Å². The molecule has 4 rings (SSSR count). The third-order valence-electron chi connectivity index (χ3n) is 5.03. The summed E-state index contributed by atoms with van der Waals surface area (Å²) in [4.78, 5) is 28.1. The Balaban J connectivity index is 1.38. The number of aromatic nitrogens is 3. The summed E-state index contributed by atoms with van der Waals surface area (Å²) >= 11 is 3.08. The van der Waals surface area contributed by atoms with Gasteiger partial charge in [-0.3, -0.25) is 4.79 Å². The molecule has 0 unspecified atom stereocenters. The van der Waals surface area contributed by atoms with Crippen molar-refractivity contribution >= 4 is 44.5 Å². The van der Waals surface area contributed by atoms with Crippen LogP contribution in [0.5, 0.6) is 0 Å². The van der Waals surface area contributed by atoms with Crippen LogP contribution >= 0.6 is 23.1 Å². The number of fused-ring (bicyclic) bond motifs is 1. The average Bonchev–Trinajstić information content (AvgIpc) is 3.17. The summed E-state index contributed by atoms with van der Waals surface area (Å²) in [5, 5.41) is 4.81. The van der Waals surface area contributed by atoms with Crippen LogP contribution in [-0.2, 0) is 11.3 Å². The molecule has 1 aliphatic heterocycles. The lowest BCUT2D eigenvalue weighted by molar-refractivity contribution is -0.118. The molecule has 1 aromatic carbocycles. The number of carbonyl (C=O) groups excluding carboxylic acids is 1. The fourth-order valence-electron chi connectivity index (χ4n) is 3.42. The van der Waals surface area contributed by atoms with Crippen molar-refractivity contribution in [1.82, 2.24) is 20.3 Å². The van der Waals surface area contributed by atoms with Gasteiger partial charge in [0.05, 0.1) is 5.75 Å². The average molecular weight is 428 g/mol. The van der Waals surface area contributed by atoms with Crippen molar-refractivity contribution in [3.8, 4) is 0 Å². The number of hydrogen-bond donors (Lipinski definition) is 1. The minimum absolute atomic E-state index is 0.00284. The molecule has 8 heteroatoms. The SMILES string of the molecule is Cc1ccc(CNC(=O)CSc2ncnc3nc(N4CCC[C@@H](C)C4)sc23)cc1. The molecule has 0 spiro atoms. The van der Waals surface area contributed by atoms with Crippen LogP contribution in [0.1, 0.15) is 30.9 Å². The number of benzene rings is 1. The zero-order valence-electron chi connectivity index (χ0n) is 16.7. The highest BCUT2D eigenvalue weighted by atomic mass is 32.2. The minimum Gasteiger partial charge on any atom is -0.351 e. The largest absolute Gasteiger partial charge is 0.351 e. The van der Waals surface area contributed by atoms with E-state index >= 15 is 0 Å². The molecule has 6 nitrogen and oxygen atoms in total. The number of thiazole rings is 1. The highest BCUT2D eigenvalue weighted by molar-refractivity contribution is 8.00. The fourth-order valence-corrected chi connectivity index (χ4v) is 5.37. The Hall–Kier alpha value is -2.19. The molecule has 1 N–H and O–H groups in total. The number of carbonyl (C=O) groups is 1. The Kier molecular flexibility index (Phi) is 6.30. The highest BCUT2D eigenvalue weighted by Gasteiger charge is 2.21. The second-order valence-corrected chi connectivity index (χ2v) is 9.51. The summed E-state index contributed by atoms with van der Waals surface area (Å²) in [6.45, 7) is 6.96. The van der Waals surface area contributed by atoms with Gasteiger partial charge in [0.15, 0.2) is 10.8 Å². The van der Waals surface area contributed by atoms with Crippen molar-refractivity contribution in [3.05, 3.63) is 41.7 Å². The van der Waals surface area contributed by atoms with Gasteiger partial charge in [0.2, 0.25) is 5.91 Å². The Bertz CT molecular complexity index is 988. The first-order valence-electron chi connectivity index (χ1n) is 9.90. The van der Waals surface area contributed by atoms with E-state index in [-0.39, 0.29) is 5.91 Å². The highest BCUT2D eigenvalue weighted by Crippen LogP contribution is 2.35. The van der Waals surface area contributed by atoms with Crippen LogP contribution < -0.4 is 10.2 Å². The molecular weight excluding hydrogens is 402 g/mol. The number of aryl methyl sites for hydroxylation is 1. The van der Waals surface area contributed by atoms with Gasteiger partial charge in [-0.05, 0) is 31.2 Å². The number of amides is 1. The van der Waals surface area contributed by atoms with Gasteiger partial charge < -0.3 is 10.2 Å². The summed E-state index contributed by atoms with van der Waals surface area (Å²) in [6, 6.07) is 8.19. The molecule has 2 aromatic heterocycles. The number of nitrogens with zero attached hydrogens (tertiary/aromatic N) is 4. The van der Waals surface area contributed by atoms with Crippen LogP contribution in [0.3, 0.4) is 0 Å². The summed E-state index contributed by atoms with van der Waals surface area (Å²) in [5.74, 6) is 1.01. The molecule has 0 radical (unpaired) electrons. The molecule has 0 saturated carbocycles. The molecule has 1 amide bonds. The van der Waals surface area contributed by atoms with Gasteiger partial charge in [-0.2, -0.15) is 4.98 Å². The summed E-state index contributed by atoms with van der Waals surface area (Å²) in [6.07, 6.45) is 4.02. The normalized spacial score (nSPS) is 16.9.